The zero-order chi connectivity index (χ0) is 25.5. The average Bonchev–Trinajstić information content (AvgIpc) is 2.90. The zero-order valence-electron chi connectivity index (χ0n) is 20.4. The molecule has 0 aromatic heterocycles. The highest BCUT2D eigenvalue weighted by Gasteiger charge is 2.54. The van der Waals surface area contributed by atoms with Crippen molar-refractivity contribution in [2.75, 3.05) is 18.5 Å². The lowest BCUT2D eigenvalue weighted by atomic mass is 9.66. The van der Waals surface area contributed by atoms with E-state index in [9.17, 15) is 14.4 Å². The van der Waals surface area contributed by atoms with Crippen LogP contribution in [0.4, 0.5) is 5.69 Å². The van der Waals surface area contributed by atoms with Gasteiger partial charge in [-0.25, -0.2) is 0 Å². The highest BCUT2D eigenvalue weighted by Crippen LogP contribution is 2.45. The summed E-state index contributed by atoms with van der Waals surface area (Å²) in [4.78, 5) is 39.7. The smallest absolute Gasteiger partial charge is 0.323 e. The van der Waals surface area contributed by atoms with Crippen LogP contribution in [0.5, 0.6) is 11.5 Å². The number of nitrogens with one attached hydrogen (secondary N) is 1. The fourth-order valence-corrected chi connectivity index (χ4v) is 4.52. The van der Waals surface area contributed by atoms with Crippen LogP contribution in [0.1, 0.15) is 37.3 Å². The lowest BCUT2D eigenvalue weighted by Crippen LogP contribution is -2.48. The highest BCUT2D eigenvalue weighted by atomic mass is 16.6. The molecule has 0 heterocycles. The molecule has 0 spiro atoms. The third-order valence-corrected chi connectivity index (χ3v) is 6.22. The van der Waals surface area contributed by atoms with Gasteiger partial charge < -0.3 is 19.5 Å². The molecule has 36 heavy (non-hydrogen) atoms. The van der Waals surface area contributed by atoms with E-state index < -0.39 is 23.3 Å². The minimum atomic E-state index is -1.59. The Balaban J connectivity index is 1.59. The molecular weight excluding hydrogens is 458 g/mol. The Morgan fingerprint density at radius 3 is 2.03 bits per heavy atom. The van der Waals surface area contributed by atoms with Crippen molar-refractivity contribution in [1.82, 2.24) is 0 Å². The van der Waals surface area contributed by atoms with Gasteiger partial charge in [-0.1, -0.05) is 42.5 Å². The molecule has 4 rings (SSSR count). The van der Waals surface area contributed by atoms with Gasteiger partial charge in [-0.2, -0.15) is 0 Å². The van der Waals surface area contributed by atoms with Crippen LogP contribution in [-0.4, -0.2) is 31.1 Å². The summed E-state index contributed by atoms with van der Waals surface area (Å²) < 4.78 is 16.4. The lowest BCUT2D eigenvalue weighted by Gasteiger charge is -2.37. The number of rotatable bonds is 8. The normalized spacial score (nSPS) is 15.8. The zero-order valence-corrected chi connectivity index (χ0v) is 20.4. The summed E-state index contributed by atoms with van der Waals surface area (Å²) in [7, 11) is 0. The number of para-hydroxylation sites is 1. The van der Waals surface area contributed by atoms with Gasteiger partial charge in [-0.15, -0.1) is 0 Å². The molecule has 0 fully saturated rings. The molecule has 7 heteroatoms. The number of benzene rings is 3. The molecule has 1 aliphatic rings. The maximum Gasteiger partial charge on any atom is 0.323 e. The van der Waals surface area contributed by atoms with Gasteiger partial charge in [0.2, 0.25) is 5.91 Å². The number of amides is 1. The second-order valence-corrected chi connectivity index (χ2v) is 8.58. The summed E-state index contributed by atoms with van der Waals surface area (Å²) in [6.45, 7) is 3.61. The number of anilines is 1. The monoisotopic (exact) mass is 487 g/mol. The Hall–Kier alpha value is -4.13. The summed E-state index contributed by atoms with van der Waals surface area (Å²) in [5.74, 6) is -1.06. The van der Waals surface area contributed by atoms with Gasteiger partial charge in [0.15, 0.2) is 5.41 Å². The van der Waals surface area contributed by atoms with Crippen LogP contribution in [-0.2, 0) is 30.3 Å². The maximum absolute atomic E-state index is 13.5. The van der Waals surface area contributed by atoms with Gasteiger partial charge in [0.05, 0.1) is 19.1 Å². The first-order chi connectivity index (χ1) is 17.5. The molecule has 7 nitrogen and oxygen atoms in total. The third-order valence-electron chi connectivity index (χ3n) is 6.22. The number of carbonyl (C=O) groups excluding carboxylic acids is 3. The van der Waals surface area contributed by atoms with Gasteiger partial charge >= 0.3 is 11.9 Å². The molecular formula is C29H29NO6. The van der Waals surface area contributed by atoms with Crippen molar-refractivity contribution in [3.05, 3.63) is 90.0 Å². The molecule has 0 bridgehead atoms. The van der Waals surface area contributed by atoms with Crippen LogP contribution in [0, 0.1) is 5.41 Å². The molecule has 1 atom stereocenters. The molecule has 186 valence electrons. The van der Waals surface area contributed by atoms with Gasteiger partial charge in [0.1, 0.15) is 11.5 Å². The van der Waals surface area contributed by atoms with Crippen LogP contribution in [0.15, 0.2) is 78.9 Å². The van der Waals surface area contributed by atoms with Crippen molar-refractivity contribution in [1.29, 1.82) is 0 Å². The van der Waals surface area contributed by atoms with Crippen molar-refractivity contribution < 1.29 is 28.6 Å². The first-order valence-corrected chi connectivity index (χ1v) is 12.0. The predicted molar refractivity (Wildman–Crippen MR) is 135 cm³/mol. The SMILES string of the molecule is CCOC(=O)C1(C(=O)OCC)Cc2ccccc2C(C(=O)Nc2ccc(Oc3ccccc3)cc2)C1. The highest BCUT2D eigenvalue weighted by molar-refractivity contribution is 6.03. The van der Waals surface area contributed by atoms with Gasteiger partial charge in [0, 0.05) is 5.69 Å². The molecule has 1 aliphatic carbocycles. The van der Waals surface area contributed by atoms with Gasteiger partial charge in [0.25, 0.3) is 0 Å². The molecule has 0 saturated heterocycles. The Bertz CT molecular complexity index is 1200. The average molecular weight is 488 g/mol. The van der Waals surface area contributed by atoms with Crippen LogP contribution in [0.25, 0.3) is 0 Å². The van der Waals surface area contributed by atoms with E-state index in [0.29, 0.717) is 17.2 Å². The number of carbonyl (C=O) groups is 3. The topological polar surface area (TPSA) is 90.9 Å². The Morgan fingerprint density at radius 2 is 1.39 bits per heavy atom. The number of fused-ring (bicyclic) bond motifs is 1. The van der Waals surface area contributed by atoms with E-state index in [1.165, 1.54) is 0 Å². The summed E-state index contributed by atoms with van der Waals surface area (Å²) in [6, 6.07) is 23.8. The number of hydrogen-bond acceptors (Lipinski definition) is 6. The first-order valence-electron chi connectivity index (χ1n) is 12.0. The van der Waals surface area contributed by atoms with E-state index in [-0.39, 0.29) is 32.0 Å². The largest absolute Gasteiger partial charge is 0.465 e. The fourth-order valence-electron chi connectivity index (χ4n) is 4.52. The van der Waals surface area contributed by atoms with Crippen LogP contribution in [0.2, 0.25) is 0 Å². The molecule has 0 aliphatic heterocycles. The standard InChI is InChI=1S/C29H29NO6/c1-3-34-27(32)29(28(33)35-4-2)18-20-10-8-9-13-24(20)25(19-29)26(31)30-21-14-16-23(17-15-21)36-22-11-6-5-7-12-22/h5-17,25H,3-4,18-19H2,1-2H3,(H,30,31). The van der Waals surface area contributed by atoms with E-state index >= 15 is 0 Å². The van der Waals surface area contributed by atoms with Gasteiger partial charge in [-0.3, -0.25) is 14.4 Å². The summed E-state index contributed by atoms with van der Waals surface area (Å²) in [6.07, 6.45) is 0.0822. The van der Waals surface area contributed by atoms with E-state index in [1.54, 1.807) is 38.1 Å². The van der Waals surface area contributed by atoms with Gasteiger partial charge in [-0.05, 0) is 74.2 Å². The minimum absolute atomic E-state index is 0.0390. The Morgan fingerprint density at radius 1 is 0.806 bits per heavy atom. The molecule has 0 radical (unpaired) electrons. The fraction of sp³-hybridized carbons (Fsp3) is 0.276. The molecule has 1 amide bonds. The van der Waals surface area contributed by atoms with Crippen molar-refractivity contribution in [2.24, 2.45) is 5.41 Å². The second kappa shape index (κ2) is 11.1. The van der Waals surface area contributed by atoms with Crippen LogP contribution in [0.3, 0.4) is 0 Å². The third kappa shape index (κ3) is 5.25. The lowest BCUT2D eigenvalue weighted by molar-refractivity contribution is -0.173. The summed E-state index contributed by atoms with van der Waals surface area (Å²) in [5, 5.41) is 2.92. The summed E-state index contributed by atoms with van der Waals surface area (Å²) in [5.41, 5.74) is 0.511. The molecule has 0 saturated carbocycles. The number of esters is 2. The van der Waals surface area contributed by atoms with E-state index in [2.05, 4.69) is 5.32 Å². The second-order valence-electron chi connectivity index (χ2n) is 8.58. The number of hydrogen-bond donors (Lipinski definition) is 1. The Labute approximate surface area is 210 Å². The van der Waals surface area contributed by atoms with E-state index in [4.69, 9.17) is 14.2 Å². The van der Waals surface area contributed by atoms with E-state index in [1.807, 2.05) is 54.6 Å². The van der Waals surface area contributed by atoms with Crippen molar-refractivity contribution in [3.8, 4) is 11.5 Å². The van der Waals surface area contributed by atoms with E-state index in [0.717, 1.165) is 11.1 Å². The minimum Gasteiger partial charge on any atom is -0.465 e. The molecule has 3 aromatic carbocycles. The molecule has 1 N–H and O–H groups in total. The maximum atomic E-state index is 13.5. The van der Waals surface area contributed by atoms with Crippen molar-refractivity contribution >= 4 is 23.5 Å². The quantitative estimate of drug-likeness (QED) is 0.344. The molecule has 1 unspecified atom stereocenters. The van der Waals surface area contributed by atoms with Crippen molar-refractivity contribution in [3.63, 3.8) is 0 Å². The summed E-state index contributed by atoms with van der Waals surface area (Å²) >= 11 is 0. The first kappa shape index (κ1) is 25.0. The molecule has 3 aromatic rings. The van der Waals surface area contributed by atoms with Crippen LogP contribution < -0.4 is 10.1 Å². The van der Waals surface area contributed by atoms with Crippen molar-refractivity contribution in [2.45, 2.75) is 32.6 Å². The van der Waals surface area contributed by atoms with Crippen LogP contribution >= 0.6 is 0 Å². The Kier molecular flexibility index (Phi) is 7.68. The number of ether oxygens (including phenoxy) is 3. The predicted octanol–water partition coefficient (Wildman–Crippen LogP) is 5.26.